The molecule has 1 aromatic heterocycles. The summed E-state index contributed by atoms with van der Waals surface area (Å²) in [6.07, 6.45) is 0. The van der Waals surface area contributed by atoms with Gasteiger partial charge in [-0.1, -0.05) is 6.07 Å². The summed E-state index contributed by atoms with van der Waals surface area (Å²) >= 11 is 1.63. The molecule has 2 aromatic rings. The van der Waals surface area contributed by atoms with Crippen LogP contribution >= 0.6 is 11.3 Å². The van der Waals surface area contributed by atoms with Crippen LogP contribution in [0.3, 0.4) is 0 Å². The summed E-state index contributed by atoms with van der Waals surface area (Å²) in [4.78, 5) is 20.6. The van der Waals surface area contributed by atoms with Crippen molar-refractivity contribution in [2.45, 2.75) is 6.92 Å². The summed E-state index contributed by atoms with van der Waals surface area (Å²) in [5.41, 5.74) is 1.02. The number of nitrogens with zero attached hydrogens (tertiary/aromatic N) is 3. The van der Waals surface area contributed by atoms with Crippen molar-refractivity contribution in [3.05, 3.63) is 41.2 Å². The fourth-order valence-corrected chi connectivity index (χ4v) is 3.28. The number of carbonyl (C=O) groups excluding carboxylic acids is 1. The van der Waals surface area contributed by atoms with Crippen molar-refractivity contribution < 1.29 is 13.9 Å². The average Bonchev–Trinajstić information content (AvgIpc) is 2.99. The normalized spacial score (nSPS) is 14.9. The molecule has 1 aliphatic rings. The minimum absolute atomic E-state index is 0.0696. The van der Waals surface area contributed by atoms with Crippen LogP contribution in [0.25, 0.3) is 0 Å². The van der Waals surface area contributed by atoms with Gasteiger partial charge in [-0.3, -0.25) is 4.79 Å². The van der Waals surface area contributed by atoms with Gasteiger partial charge in [0.05, 0.1) is 5.69 Å². The first-order chi connectivity index (χ1) is 11.1. The first kappa shape index (κ1) is 15.7. The molecule has 0 spiro atoms. The molecule has 23 heavy (non-hydrogen) atoms. The minimum atomic E-state index is -0.373. The monoisotopic (exact) mass is 335 g/mol. The second kappa shape index (κ2) is 6.95. The second-order valence-electron chi connectivity index (χ2n) is 5.39. The molecule has 0 saturated carbocycles. The Balaban J connectivity index is 1.48. The number of thiazole rings is 1. The van der Waals surface area contributed by atoms with E-state index in [1.807, 2.05) is 12.3 Å². The zero-order chi connectivity index (χ0) is 16.2. The molecule has 0 atom stereocenters. The summed E-state index contributed by atoms with van der Waals surface area (Å²) in [5, 5.41) is 3.03. The van der Waals surface area contributed by atoms with Crippen molar-refractivity contribution in [2.24, 2.45) is 0 Å². The SMILES string of the molecule is Cc1csc(N2CCN(C(=O)COc3cccc(F)c3)CC2)n1. The minimum Gasteiger partial charge on any atom is -0.484 e. The third-order valence-corrected chi connectivity index (χ3v) is 4.69. The van der Waals surface area contributed by atoms with Gasteiger partial charge in [-0.15, -0.1) is 11.3 Å². The number of carbonyl (C=O) groups is 1. The molecule has 1 fully saturated rings. The molecule has 0 bridgehead atoms. The molecule has 1 aromatic carbocycles. The topological polar surface area (TPSA) is 45.7 Å². The van der Waals surface area contributed by atoms with Gasteiger partial charge in [0.15, 0.2) is 11.7 Å². The van der Waals surface area contributed by atoms with Gasteiger partial charge < -0.3 is 14.5 Å². The maximum Gasteiger partial charge on any atom is 0.260 e. The standard InChI is InChI=1S/C16H18FN3O2S/c1-12-11-23-16(18-12)20-7-5-19(6-8-20)15(21)10-22-14-4-2-3-13(17)9-14/h2-4,9,11H,5-8,10H2,1H3. The number of amides is 1. The number of benzene rings is 1. The number of ether oxygens (including phenoxy) is 1. The summed E-state index contributed by atoms with van der Waals surface area (Å²) in [7, 11) is 0. The lowest BCUT2D eigenvalue weighted by Gasteiger charge is -2.34. The first-order valence-electron chi connectivity index (χ1n) is 7.45. The van der Waals surface area contributed by atoms with Crippen LogP contribution in [0.5, 0.6) is 5.75 Å². The van der Waals surface area contributed by atoms with Gasteiger partial charge in [0.1, 0.15) is 11.6 Å². The summed E-state index contributed by atoms with van der Waals surface area (Å²) in [6.45, 7) is 4.72. The number of anilines is 1. The number of hydrogen-bond acceptors (Lipinski definition) is 5. The van der Waals surface area contributed by atoms with E-state index < -0.39 is 0 Å². The van der Waals surface area contributed by atoms with Crippen molar-refractivity contribution in [1.82, 2.24) is 9.88 Å². The zero-order valence-electron chi connectivity index (χ0n) is 12.9. The Morgan fingerprint density at radius 3 is 2.78 bits per heavy atom. The van der Waals surface area contributed by atoms with Crippen molar-refractivity contribution in [1.29, 1.82) is 0 Å². The van der Waals surface area contributed by atoms with Crippen LogP contribution in [0.15, 0.2) is 29.6 Å². The highest BCUT2D eigenvalue weighted by atomic mass is 32.1. The number of aryl methyl sites for hydroxylation is 1. The van der Waals surface area contributed by atoms with Crippen molar-refractivity contribution in [3.63, 3.8) is 0 Å². The van der Waals surface area contributed by atoms with Crippen LogP contribution in [0.1, 0.15) is 5.69 Å². The Morgan fingerprint density at radius 1 is 1.35 bits per heavy atom. The molecule has 0 radical (unpaired) electrons. The first-order valence-corrected chi connectivity index (χ1v) is 8.33. The van der Waals surface area contributed by atoms with Gasteiger partial charge in [0.25, 0.3) is 5.91 Å². The van der Waals surface area contributed by atoms with Crippen LogP contribution in [0.2, 0.25) is 0 Å². The van der Waals surface area contributed by atoms with Crippen LogP contribution in [-0.2, 0) is 4.79 Å². The summed E-state index contributed by atoms with van der Waals surface area (Å²) < 4.78 is 18.4. The van der Waals surface area contributed by atoms with Gasteiger partial charge in [-0.2, -0.15) is 0 Å². The molecule has 7 heteroatoms. The third-order valence-electron chi connectivity index (χ3n) is 3.67. The Bertz CT molecular complexity index is 683. The van der Waals surface area contributed by atoms with E-state index in [1.165, 1.54) is 12.1 Å². The predicted octanol–water partition coefficient (Wildman–Crippen LogP) is 2.32. The fraction of sp³-hybridized carbons (Fsp3) is 0.375. The molecule has 1 aliphatic heterocycles. The molecule has 2 heterocycles. The van der Waals surface area contributed by atoms with Crippen LogP contribution < -0.4 is 9.64 Å². The maximum atomic E-state index is 13.1. The summed E-state index contributed by atoms with van der Waals surface area (Å²) in [6, 6.07) is 5.81. The van der Waals surface area contributed by atoms with Crippen molar-refractivity contribution >= 4 is 22.4 Å². The van der Waals surface area contributed by atoms with E-state index in [4.69, 9.17) is 4.74 Å². The molecular weight excluding hydrogens is 317 g/mol. The predicted molar refractivity (Wildman–Crippen MR) is 87.5 cm³/mol. The molecule has 3 rings (SSSR count). The Labute approximate surface area is 138 Å². The fourth-order valence-electron chi connectivity index (χ4n) is 2.43. The van der Waals surface area contributed by atoms with E-state index in [1.54, 1.807) is 28.4 Å². The largest absolute Gasteiger partial charge is 0.484 e. The van der Waals surface area contributed by atoms with E-state index in [9.17, 15) is 9.18 Å². The van der Waals surface area contributed by atoms with Gasteiger partial charge in [0, 0.05) is 37.6 Å². The average molecular weight is 335 g/mol. The van der Waals surface area contributed by atoms with Crippen molar-refractivity contribution in [3.8, 4) is 5.75 Å². The van der Waals surface area contributed by atoms with Gasteiger partial charge in [0.2, 0.25) is 0 Å². The second-order valence-corrected chi connectivity index (χ2v) is 6.22. The lowest BCUT2D eigenvalue weighted by Crippen LogP contribution is -2.50. The number of rotatable bonds is 4. The van der Waals surface area contributed by atoms with E-state index in [-0.39, 0.29) is 18.3 Å². The Hall–Kier alpha value is -2.15. The van der Waals surface area contributed by atoms with E-state index in [0.29, 0.717) is 18.8 Å². The van der Waals surface area contributed by atoms with E-state index >= 15 is 0 Å². The number of aromatic nitrogens is 1. The summed E-state index contributed by atoms with van der Waals surface area (Å²) in [5.74, 6) is -0.0817. The highest BCUT2D eigenvalue weighted by molar-refractivity contribution is 7.13. The smallest absolute Gasteiger partial charge is 0.260 e. The van der Waals surface area contributed by atoms with E-state index in [2.05, 4.69) is 9.88 Å². The van der Waals surface area contributed by atoms with E-state index in [0.717, 1.165) is 23.9 Å². The molecule has 5 nitrogen and oxygen atoms in total. The molecular formula is C16H18FN3O2S. The number of halogens is 1. The lowest BCUT2D eigenvalue weighted by atomic mass is 10.3. The number of hydrogen-bond donors (Lipinski definition) is 0. The van der Waals surface area contributed by atoms with Crippen LogP contribution in [-0.4, -0.2) is 48.6 Å². The highest BCUT2D eigenvalue weighted by Crippen LogP contribution is 2.21. The Morgan fingerprint density at radius 2 is 2.13 bits per heavy atom. The molecule has 1 saturated heterocycles. The molecule has 0 aliphatic carbocycles. The third kappa shape index (κ3) is 3.98. The zero-order valence-corrected chi connectivity index (χ0v) is 13.7. The highest BCUT2D eigenvalue weighted by Gasteiger charge is 2.22. The van der Waals surface area contributed by atoms with Crippen LogP contribution in [0.4, 0.5) is 9.52 Å². The Kier molecular flexibility index (Phi) is 4.76. The van der Waals surface area contributed by atoms with Gasteiger partial charge >= 0.3 is 0 Å². The van der Waals surface area contributed by atoms with Crippen molar-refractivity contribution in [2.75, 3.05) is 37.7 Å². The van der Waals surface area contributed by atoms with Gasteiger partial charge in [-0.25, -0.2) is 9.37 Å². The molecule has 122 valence electrons. The molecule has 0 N–H and O–H groups in total. The van der Waals surface area contributed by atoms with Gasteiger partial charge in [-0.05, 0) is 19.1 Å². The van der Waals surface area contributed by atoms with Crippen LogP contribution in [0, 0.1) is 12.7 Å². The number of piperazine rings is 1. The molecule has 1 amide bonds. The molecule has 0 unspecified atom stereocenters. The maximum absolute atomic E-state index is 13.1. The lowest BCUT2D eigenvalue weighted by molar-refractivity contribution is -0.133. The quantitative estimate of drug-likeness (QED) is 0.860.